The van der Waals surface area contributed by atoms with Gasteiger partial charge in [0.25, 0.3) is 0 Å². The van der Waals surface area contributed by atoms with Crippen LogP contribution in [0.5, 0.6) is 0 Å². The minimum Gasteiger partial charge on any atom is -0.355 e. The lowest BCUT2D eigenvalue weighted by atomic mass is 9.57. The van der Waals surface area contributed by atoms with E-state index in [4.69, 9.17) is 0 Å². The fraction of sp³-hybridized carbons (Fsp3) is 0.254. The van der Waals surface area contributed by atoms with Crippen LogP contribution in [0.3, 0.4) is 0 Å². The zero-order valence-corrected chi connectivity index (χ0v) is 41.7. The second kappa shape index (κ2) is 14.6. The lowest BCUT2D eigenvalue weighted by molar-refractivity contribution is 0.332. The normalized spacial score (nSPS) is 21.3. The molecule has 341 valence electrons. The van der Waals surface area contributed by atoms with E-state index >= 15 is 0 Å². The Balaban J connectivity index is 1.06. The molecule has 0 aromatic heterocycles. The van der Waals surface area contributed by atoms with Gasteiger partial charge in [-0.05, 0) is 168 Å². The monoisotopic (exact) mass is 903 g/mol. The Labute approximate surface area is 415 Å². The van der Waals surface area contributed by atoms with Gasteiger partial charge in [0.1, 0.15) is 0 Å². The summed E-state index contributed by atoms with van der Waals surface area (Å²) in [5, 5.41) is 4.20. The van der Waals surface area contributed by atoms with Gasteiger partial charge < -0.3 is 10.2 Å². The van der Waals surface area contributed by atoms with Gasteiger partial charge in [0, 0.05) is 34.0 Å². The first-order chi connectivity index (χ1) is 34.0. The van der Waals surface area contributed by atoms with E-state index < -0.39 is 5.41 Å². The minimum absolute atomic E-state index is 0.104. The number of para-hydroxylation sites is 2. The molecule has 1 aliphatic heterocycles. The number of hydrogen-bond donors (Lipinski definition) is 1. The number of benzene rings is 7. The molecule has 1 N–H and O–H groups in total. The number of hydrogen-bond acceptors (Lipinski definition) is 2. The largest absolute Gasteiger partial charge is 0.355 e. The smallest absolute Gasteiger partial charge is 0.151 e. The van der Waals surface area contributed by atoms with E-state index in [9.17, 15) is 0 Å². The van der Waals surface area contributed by atoms with Gasteiger partial charge in [-0.25, -0.2) is 0 Å². The molecule has 7 aromatic rings. The maximum absolute atomic E-state index is 4.20. The molecular formula is C67H60BN2. The number of anilines is 5. The van der Waals surface area contributed by atoms with Crippen LogP contribution in [0.4, 0.5) is 28.4 Å². The highest BCUT2D eigenvalue weighted by Gasteiger charge is 2.55. The van der Waals surface area contributed by atoms with Gasteiger partial charge >= 0.3 is 0 Å². The van der Waals surface area contributed by atoms with Crippen molar-refractivity contribution in [2.24, 2.45) is 0 Å². The van der Waals surface area contributed by atoms with Gasteiger partial charge in [-0.2, -0.15) is 0 Å². The van der Waals surface area contributed by atoms with Crippen LogP contribution >= 0.6 is 0 Å². The van der Waals surface area contributed by atoms with Crippen molar-refractivity contribution in [3.63, 3.8) is 0 Å². The maximum atomic E-state index is 4.20. The predicted molar refractivity (Wildman–Crippen MR) is 296 cm³/mol. The summed E-state index contributed by atoms with van der Waals surface area (Å²) >= 11 is 0. The fourth-order valence-electron chi connectivity index (χ4n) is 15.0. The van der Waals surface area contributed by atoms with Crippen molar-refractivity contribution < 1.29 is 0 Å². The summed E-state index contributed by atoms with van der Waals surface area (Å²) in [6.07, 6.45) is 17.9. The van der Waals surface area contributed by atoms with Crippen molar-refractivity contribution in [2.75, 3.05) is 10.2 Å². The van der Waals surface area contributed by atoms with E-state index in [0.717, 1.165) is 19.3 Å². The fourth-order valence-corrected chi connectivity index (χ4v) is 15.0. The lowest BCUT2D eigenvalue weighted by Gasteiger charge is -2.47. The van der Waals surface area contributed by atoms with E-state index in [-0.39, 0.29) is 22.2 Å². The number of rotatable bonds is 6. The van der Waals surface area contributed by atoms with Gasteiger partial charge in [-0.1, -0.05) is 181 Å². The Kier molecular flexibility index (Phi) is 8.78. The average Bonchev–Trinajstić information content (AvgIpc) is 3.99. The molecular weight excluding hydrogens is 844 g/mol. The minimum atomic E-state index is -0.479. The number of nitrogens with zero attached hydrogens (tertiary/aromatic N) is 1. The van der Waals surface area contributed by atoms with Crippen LogP contribution in [0.1, 0.15) is 135 Å². The summed E-state index contributed by atoms with van der Waals surface area (Å²) in [7, 11) is 2.44. The standard InChI is InChI=1S/C67H60BN2/c1-8-9-20-40-39-66(6)61-46-24-11-10-21-42(46)45-32-34-54(69-41-31-33-50-53(37-41)65(4,5)36-35-64(50,2)3)59(58(45)61)60-62(66)47(40)38-57(63(60)68-7)70-55-29-18-16-27-51(55)67(52-28-17-19-30-56(52)70)48-25-14-12-22-43(48)44-23-13-15-26-49(44)67/h9,11-20,22-34,37-39,61,69H,8,10,21,35-36H2,1-7H3/b20-9-. The first-order valence-corrected chi connectivity index (χ1v) is 26.1. The van der Waals surface area contributed by atoms with Gasteiger partial charge in [-0.3, -0.25) is 0 Å². The molecule has 6 aliphatic carbocycles. The molecule has 1 spiro atoms. The number of nitrogens with one attached hydrogen (secondary N) is 1. The molecule has 14 rings (SSSR count). The molecule has 0 bridgehead atoms. The Morgan fingerprint density at radius 3 is 1.96 bits per heavy atom. The van der Waals surface area contributed by atoms with E-state index in [0.29, 0.717) is 0 Å². The summed E-state index contributed by atoms with van der Waals surface area (Å²) in [6.45, 7) is 16.9. The molecule has 3 heteroatoms. The number of allylic oxidation sites excluding steroid dienone is 8. The molecule has 1 radical (unpaired) electrons. The summed E-state index contributed by atoms with van der Waals surface area (Å²) in [5.74, 6) is 0.210. The van der Waals surface area contributed by atoms with Crippen molar-refractivity contribution in [1.82, 2.24) is 0 Å². The van der Waals surface area contributed by atoms with Crippen molar-refractivity contribution in [3.05, 3.63) is 225 Å². The molecule has 0 fully saturated rings. The van der Waals surface area contributed by atoms with E-state index in [1.807, 2.05) is 0 Å². The number of fused-ring (bicyclic) bond motifs is 14. The van der Waals surface area contributed by atoms with E-state index in [1.165, 1.54) is 141 Å². The molecule has 7 aromatic carbocycles. The van der Waals surface area contributed by atoms with Crippen LogP contribution in [-0.2, 0) is 21.7 Å². The molecule has 2 atom stereocenters. The van der Waals surface area contributed by atoms with E-state index in [1.54, 1.807) is 0 Å². The van der Waals surface area contributed by atoms with Gasteiger partial charge in [-0.15, -0.1) is 0 Å². The topological polar surface area (TPSA) is 15.3 Å². The molecule has 0 saturated heterocycles. The quantitative estimate of drug-likeness (QED) is 0.167. The van der Waals surface area contributed by atoms with Crippen LogP contribution in [0.2, 0.25) is 6.82 Å². The molecule has 7 aliphatic rings. The Morgan fingerprint density at radius 2 is 1.29 bits per heavy atom. The van der Waals surface area contributed by atoms with Gasteiger partial charge in [0.2, 0.25) is 0 Å². The maximum Gasteiger partial charge on any atom is 0.151 e. The zero-order valence-electron chi connectivity index (χ0n) is 41.7. The lowest BCUT2D eigenvalue weighted by Crippen LogP contribution is -2.39. The third-order valence-corrected chi connectivity index (χ3v) is 18.1. The molecule has 2 nitrogen and oxygen atoms in total. The van der Waals surface area contributed by atoms with Crippen LogP contribution in [0.15, 0.2) is 169 Å². The summed E-state index contributed by atoms with van der Waals surface area (Å²) < 4.78 is 0. The Bertz CT molecular complexity index is 3500. The van der Waals surface area contributed by atoms with Crippen LogP contribution in [-0.4, -0.2) is 7.28 Å². The van der Waals surface area contributed by atoms with Crippen LogP contribution < -0.4 is 15.7 Å². The highest BCUT2D eigenvalue weighted by atomic mass is 15.2. The predicted octanol–water partition coefficient (Wildman–Crippen LogP) is 16.8. The summed E-state index contributed by atoms with van der Waals surface area (Å²) in [6, 6.07) is 51.7. The van der Waals surface area contributed by atoms with Crippen molar-refractivity contribution in [1.29, 1.82) is 0 Å². The summed E-state index contributed by atoms with van der Waals surface area (Å²) in [5.41, 5.74) is 30.7. The van der Waals surface area contributed by atoms with Crippen molar-refractivity contribution in [3.8, 4) is 22.3 Å². The molecule has 0 saturated carbocycles. The van der Waals surface area contributed by atoms with E-state index in [2.05, 4.69) is 230 Å². The second-order valence-electron chi connectivity index (χ2n) is 22.7. The van der Waals surface area contributed by atoms with Gasteiger partial charge in [0.15, 0.2) is 7.28 Å². The second-order valence-corrected chi connectivity index (χ2v) is 22.7. The van der Waals surface area contributed by atoms with Gasteiger partial charge in [0.05, 0.1) is 16.8 Å². The molecule has 2 unspecified atom stereocenters. The average molecular weight is 904 g/mol. The highest BCUT2D eigenvalue weighted by molar-refractivity contribution is 6.57. The van der Waals surface area contributed by atoms with Crippen LogP contribution in [0.25, 0.3) is 33.4 Å². The molecule has 0 amide bonds. The van der Waals surface area contributed by atoms with Crippen molar-refractivity contribution in [2.45, 2.75) is 108 Å². The van der Waals surface area contributed by atoms with Crippen molar-refractivity contribution >= 4 is 52.3 Å². The SMILES string of the molecule is C[B]c1c(N2c3ccccc3C3(c4ccccc4-c4ccccc43)c3ccccc32)cc2c3c1-c1c(Nc4ccc5c(c4)C(C)(C)CCC5(C)C)ccc4c1C(C1=C4CCC=C1)C3(C)C=C2/C=C\CC. The molecule has 1 heterocycles. The first kappa shape index (κ1) is 42.1. The zero-order chi connectivity index (χ0) is 47.5. The highest BCUT2D eigenvalue weighted by Crippen LogP contribution is 2.68. The molecule has 70 heavy (non-hydrogen) atoms. The first-order valence-electron chi connectivity index (χ1n) is 26.1. The Hall–Kier alpha value is -6.84. The van der Waals surface area contributed by atoms with Crippen LogP contribution in [0, 0.1) is 0 Å². The third-order valence-electron chi connectivity index (χ3n) is 18.1. The summed E-state index contributed by atoms with van der Waals surface area (Å²) in [4.78, 5) is 2.64. The Morgan fingerprint density at radius 1 is 0.643 bits per heavy atom. The third kappa shape index (κ3) is 5.31.